The van der Waals surface area contributed by atoms with Crippen LogP contribution in [0, 0.1) is 16.7 Å². The molecule has 0 saturated carbocycles. The average molecular weight is 746 g/mol. The summed E-state index contributed by atoms with van der Waals surface area (Å²) in [6.07, 6.45) is 0.786. The number of benzene rings is 2. The number of amides is 3. The zero-order chi connectivity index (χ0) is 39.9. The largest absolute Gasteiger partial charge is 0.453 e. The van der Waals surface area contributed by atoms with Crippen LogP contribution in [0.15, 0.2) is 79.0 Å². The van der Waals surface area contributed by atoms with Crippen LogP contribution in [-0.2, 0) is 41.6 Å². The first-order valence-corrected chi connectivity index (χ1v) is 18.4. The van der Waals surface area contributed by atoms with Gasteiger partial charge in [0.25, 0.3) is 5.91 Å². The summed E-state index contributed by atoms with van der Waals surface area (Å²) in [6.45, 7) is 15.4. The van der Waals surface area contributed by atoms with Crippen molar-refractivity contribution in [3.63, 3.8) is 0 Å². The highest BCUT2D eigenvalue weighted by atomic mass is 16.7. The lowest BCUT2D eigenvalue weighted by Crippen LogP contribution is -2.60. The maximum Gasteiger partial charge on any atom is 0.407 e. The van der Waals surface area contributed by atoms with Gasteiger partial charge in [-0.25, -0.2) is 9.80 Å². The fourth-order valence-corrected chi connectivity index (χ4v) is 6.00. The molecule has 1 aromatic heterocycles. The van der Waals surface area contributed by atoms with E-state index in [4.69, 9.17) is 14.2 Å². The van der Waals surface area contributed by atoms with Crippen LogP contribution < -0.4 is 16.1 Å². The van der Waals surface area contributed by atoms with Crippen LogP contribution in [0.4, 0.5) is 4.79 Å². The Balaban J connectivity index is 2.07. The SMILES string of the molecule is CCOCO[C@@H](CN(Cc1ccc(-c2ccccn2)cc1)NC(=O)[C@H](NC(=O)OC)C(C)(C)C)C(Cc1ccccc1)NC(=O)[C@H](CC(C)=O)C(C)(C)C. The van der Waals surface area contributed by atoms with Gasteiger partial charge in [-0.05, 0) is 54.4 Å². The maximum atomic E-state index is 14.1. The third kappa shape index (κ3) is 14.3. The van der Waals surface area contributed by atoms with E-state index in [0.717, 1.165) is 22.4 Å². The van der Waals surface area contributed by atoms with Crippen LogP contribution >= 0.6 is 0 Å². The number of methoxy groups -OCH3 is 1. The van der Waals surface area contributed by atoms with Gasteiger partial charge in [0.2, 0.25) is 5.91 Å². The second-order valence-electron chi connectivity index (χ2n) is 15.6. The molecule has 0 bridgehead atoms. The summed E-state index contributed by atoms with van der Waals surface area (Å²) in [5.41, 5.74) is 5.48. The van der Waals surface area contributed by atoms with Crippen molar-refractivity contribution in [2.75, 3.05) is 27.1 Å². The number of hydrazine groups is 1. The third-order valence-electron chi connectivity index (χ3n) is 9.03. The van der Waals surface area contributed by atoms with Gasteiger partial charge < -0.3 is 29.6 Å². The van der Waals surface area contributed by atoms with E-state index in [1.54, 1.807) is 11.2 Å². The number of hydrogen-bond donors (Lipinski definition) is 3. The second-order valence-corrected chi connectivity index (χ2v) is 15.6. The lowest BCUT2D eigenvalue weighted by molar-refractivity contribution is -0.140. The predicted molar refractivity (Wildman–Crippen MR) is 209 cm³/mol. The molecule has 1 unspecified atom stereocenters. The summed E-state index contributed by atoms with van der Waals surface area (Å²) in [7, 11) is 1.25. The molecule has 1 heterocycles. The number of nitrogens with zero attached hydrogens (tertiary/aromatic N) is 2. The van der Waals surface area contributed by atoms with Crippen LogP contribution in [0.1, 0.15) is 72.9 Å². The quantitative estimate of drug-likeness (QED) is 0.0752. The number of ether oxygens (including phenoxy) is 3. The minimum Gasteiger partial charge on any atom is -0.453 e. The van der Waals surface area contributed by atoms with E-state index in [0.29, 0.717) is 13.0 Å². The van der Waals surface area contributed by atoms with E-state index < -0.39 is 46.9 Å². The highest BCUT2D eigenvalue weighted by molar-refractivity contribution is 5.87. The number of ketones is 1. The maximum absolute atomic E-state index is 14.1. The molecule has 12 nitrogen and oxygen atoms in total. The fourth-order valence-electron chi connectivity index (χ4n) is 6.00. The average Bonchev–Trinajstić information content (AvgIpc) is 3.12. The molecular formula is C42H59N5O7. The molecule has 0 spiro atoms. The highest BCUT2D eigenvalue weighted by Gasteiger charge is 2.37. The topological polar surface area (TPSA) is 148 Å². The number of carbonyl (C=O) groups is 4. The van der Waals surface area contributed by atoms with E-state index in [1.165, 1.54) is 14.0 Å². The van der Waals surface area contributed by atoms with E-state index in [1.807, 2.05) is 121 Å². The summed E-state index contributed by atoms with van der Waals surface area (Å²) < 4.78 is 16.9. The molecule has 54 heavy (non-hydrogen) atoms. The summed E-state index contributed by atoms with van der Waals surface area (Å²) in [4.78, 5) is 57.3. The lowest BCUT2D eigenvalue weighted by atomic mass is 9.77. The van der Waals surface area contributed by atoms with E-state index in [9.17, 15) is 19.2 Å². The first-order valence-electron chi connectivity index (χ1n) is 18.4. The van der Waals surface area contributed by atoms with Gasteiger partial charge >= 0.3 is 6.09 Å². The number of pyridine rings is 1. The zero-order valence-electron chi connectivity index (χ0n) is 33.3. The molecular weight excluding hydrogens is 686 g/mol. The van der Waals surface area contributed by atoms with Crippen molar-refractivity contribution >= 4 is 23.7 Å². The van der Waals surface area contributed by atoms with Gasteiger partial charge in [0.15, 0.2) is 0 Å². The molecule has 0 aliphatic carbocycles. The number of nitrogens with one attached hydrogen (secondary N) is 3. The Morgan fingerprint density at radius 3 is 2.04 bits per heavy atom. The number of Topliss-reactive ketones (excluding diaryl/α,β-unsaturated/α-hetero) is 1. The molecule has 3 aromatic rings. The normalized spacial score (nSPS) is 14.0. The van der Waals surface area contributed by atoms with Gasteiger partial charge in [0.1, 0.15) is 18.6 Å². The third-order valence-corrected chi connectivity index (χ3v) is 9.03. The van der Waals surface area contributed by atoms with Crippen LogP contribution in [0.2, 0.25) is 0 Å². The van der Waals surface area contributed by atoms with Crippen LogP contribution in [0.3, 0.4) is 0 Å². The van der Waals surface area contributed by atoms with Crippen LogP contribution in [0.5, 0.6) is 0 Å². The molecule has 4 atom stereocenters. The number of carbonyl (C=O) groups excluding carboxylic acids is 4. The van der Waals surface area contributed by atoms with Gasteiger partial charge in [-0.1, -0.05) is 102 Å². The minimum absolute atomic E-state index is 0.0620. The van der Waals surface area contributed by atoms with Crippen molar-refractivity contribution in [1.82, 2.24) is 26.1 Å². The van der Waals surface area contributed by atoms with Crippen molar-refractivity contribution in [2.45, 2.75) is 93.0 Å². The Bertz CT molecular complexity index is 1620. The van der Waals surface area contributed by atoms with Crippen molar-refractivity contribution in [2.24, 2.45) is 16.7 Å². The van der Waals surface area contributed by atoms with Crippen molar-refractivity contribution in [3.8, 4) is 11.3 Å². The van der Waals surface area contributed by atoms with Crippen molar-refractivity contribution < 1.29 is 33.4 Å². The van der Waals surface area contributed by atoms with Crippen molar-refractivity contribution in [1.29, 1.82) is 0 Å². The first kappa shape index (κ1) is 43.8. The van der Waals surface area contributed by atoms with Gasteiger partial charge in [0, 0.05) is 43.8 Å². The number of hydrogen-bond acceptors (Lipinski definition) is 9. The van der Waals surface area contributed by atoms with Crippen LogP contribution in [0.25, 0.3) is 11.3 Å². The van der Waals surface area contributed by atoms with Crippen LogP contribution in [-0.4, -0.2) is 78.9 Å². The minimum atomic E-state index is -0.958. The smallest absolute Gasteiger partial charge is 0.407 e. The summed E-state index contributed by atoms with van der Waals surface area (Å²) in [6, 6.07) is 21.8. The number of alkyl carbamates (subject to hydrolysis) is 1. The molecule has 0 saturated heterocycles. The molecule has 3 rings (SSSR count). The molecule has 0 fully saturated rings. The predicted octanol–water partition coefficient (Wildman–Crippen LogP) is 6.10. The van der Waals surface area contributed by atoms with E-state index in [2.05, 4.69) is 21.0 Å². The van der Waals surface area contributed by atoms with Crippen molar-refractivity contribution in [3.05, 3.63) is 90.1 Å². The summed E-state index contributed by atoms with van der Waals surface area (Å²) in [5, 5.41) is 7.65. The van der Waals surface area contributed by atoms with Gasteiger partial charge in [0.05, 0.1) is 24.9 Å². The Morgan fingerprint density at radius 2 is 1.48 bits per heavy atom. The van der Waals surface area contributed by atoms with Gasteiger partial charge in [-0.3, -0.25) is 20.0 Å². The molecule has 2 aromatic carbocycles. The highest BCUT2D eigenvalue weighted by Crippen LogP contribution is 2.30. The number of rotatable bonds is 19. The van der Waals surface area contributed by atoms with E-state index in [-0.39, 0.29) is 38.0 Å². The molecule has 294 valence electrons. The van der Waals surface area contributed by atoms with Gasteiger partial charge in [-0.15, -0.1) is 0 Å². The Labute approximate surface area is 320 Å². The molecule has 3 N–H and O–H groups in total. The molecule has 0 aliphatic heterocycles. The fraction of sp³-hybridized carbons (Fsp3) is 0.500. The first-order chi connectivity index (χ1) is 25.5. The lowest BCUT2D eigenvalue weighted by Gasteiger charge is -2.37. The molecule has 12 heteroatoms. The Hall–Kier alpha value is -4.65. The standard InChI is InChI=1S/C42H59N5O7/c1-10-53-28-54-36(35(25-30-16-12-11-13-17-30)44-38(49)33(24-29(2)48)41(3,4)5)27-47(46-39(50)37(42(6,7)8)45-40(51)52-9)26-31-19-21-32(22-20-31)34-18-14-15-23-43-34/h11-23,33,35-37H,10,24-28H2,1-9H3,(H,44,49)(H,45,51)(H,46,50)/t33-,35?,36-,37-/m0/s1. The monoisotopic (exact) mass is 745 g/mol. The van der Waals surface area contributed by atoms with Gasteiger partial charge in [-0.2, -0.15) is 0 Å². The Kier molecular flexibility index (Phi) is 16.8. The Morgan fingerprint density at radius 1 is 0.815 bits per heavy atom. The second kappa shape index (κ2) is 20.7. The number of aromatic nitrogens is 1. The molecule has 3 amide bonds. The molecule has 0 aliphatic rings. The zero-order valence-corrected chi connectivity index (χ0v) is 33.3. The summed E-state index contributed by atoms with van der Waals surface area (Å²) in [5.74, 6) is -1.39. The summed E-state index contributed by atoms with van der Waals surface area (Å²) >= 11 is 0. The van der Waals surface area contributed by atoms with E-state index >= 15 is 0 Å². The molecule has 0 radical (unpaired) electrons.